The van der Waals surface area contributed by atoms with Gasteiger partial charge in [0.15, 0.2) is 0 Å². The minimum absolute atomic E-state index is 0.256. The molecule has 0 saturated heterocycles. The fraction of sp³-hybridized carbons (Fsp3) is 0.727. The lowest BCUT2D eigenvalue weighted by Gasteiger charge is -2.15. The van der Waals surface area contributed by atoms with E-state index in [0.717, 1.165) is 25.2 Å². The Bertz CT molecular complexity index is 265. The van der Waals surface area contributed by atoms with Crippen LogP contribution in [0.4, 0.5) is 0 Å². The third kappa shape index (κ3) is 2.84. The molecule has 0 amide bonds. The molecule has 0 fully saturated rings. The zero-order chi connectivity index (χ0) is 10.6. The fourth-order valence-electron chi connectivity index (χ4n) is 1.69. The minimum Gasteiger partial charge on any atom is -0.333 e. The van der Waals surface area contributed by atoms with Crippen LogP contribution < -0.4 is 5.73 Å². The molecule has 1 atom stereocenters. The summed E-state index contributed by atoms with van der Waals surface area (Å²) in [5.41, 5.74) is 6.00. The van der Waals surface area contributed by atoms with E-state index in [2.05, 4.69) is 30.3 Å². The lowest BCUT2D eigenvalue weighted by Crippen LogP contribution is -2.26. The monoisotopic (exact) mass is 195 g/mol. The van der Waals surface area contributed by atoms with Gasteiger partial charge in [0, 0.05) is 30.9 Å². The molecule has 0 aliphatic rings. The van der Waals surface area contributed by atoms with Crippen molar-refractivity contribution in [3.05, 3.63) is 18.2 Å². The molecule has 80 valence electrons. The van der Waals surface area contributed by atoms with Crippen molar-refractivity contribution in [3.63, 3.8) is 0 Å². The molecule has 3 heteroatoms. The third-order valence-corrected chi connectivity index (χ3v) is 2.35. The van der Waals surface area contributed by atoms with Crippen LogP contribution in [0.1, 0.15) is 45.4 Å². The second-order valence-corrected chi connectivity index (χ2v) is 4.14. The molecule has 14 heavy (non-hydrogen) atoms. The van der Waals surface area contributed by atoms with Gasteiger partial charge >= 0.3 is 0 Å². The highest BCUT2D eigenvalue weighted by atomic mass is 15.1. The molecular weight excluding hydrogens is 174 g/mol. The van der Waals surface area contributed by atoms with Crippen molar-refractivity contribution in [2.24, 2.45) is 5.73 Å². The Morgan fingerprint density at radius 1 is 1.50 bits per heavy atom. The average Bonchev–Trinajstić information content (AvgIpc) is 2.52. The zero-order valence-corrected chi connectivity index (χ0v) is 9.40. The molecule has 0 aromatic carbocycles. The van der Waals surface area contributed by atoms with E-state index in [1.165, 1.54) is 0 Å². The highest BCUT2D eigenvalue weighted by molar-refractivity contribution is 4.98. The van der Waals surface area contributed by atoms with Gasteiger partial charge in [0.25, 0.3) is 0 Å². The first-order valence-electron chi connectivity index (χ1n) is 5.41. The normalized spacial score (nSPS) is 13.5. The summed E-state index contributed by atoms with van der Waals surface area (Å²) in [6.07, 6.45) is 6.10. The van der Waals surface area contributed by atoms with E-state index >= 15 is 0 Å². The van der Waals surface area contributed by atoms with Gasteiger partial charge in [-0.05, 0) is 6.42 Å². The number of hydrogen-bond acceptors (Lipinski definition) is 2. The lowest BCUT2D eigenvalue weighted by molar-refractivity contribution is 0.494. The molecule has 0 radical (unpaired) electrons. The Hall–Kier alpha value is -0.830. The largest absolute Gasteiger partial charge is 0.333 e. The summed E-state index contributed by atoms with van der Waals surface area (Å²) < 4.78 is 2.17. The Balaban J connectivity index is 2.61. The molecule has 0 aliphatic heterocycles. The van der Waals surface area contributed by atoms with E-state index < -0.39 is 0 Å². The van der Waals surface area contributed by atoms with Crippen molar-refractivity contribution in [3.8, 4) is 0 Å². The molecule has 0 saturated carbocycles. The first-order valence-corrected chi connectivity index (χ1v) is 5.41. The number of nitrogens with zero attached hydrogens (tertiary/aromatic N) is 2. The van der Waals surface area contributed by atoms with Gasteiger partial charge in [0.1, 0.15) is 5.82 Å². The molecule has 0 spiro atoms. The first kappa shape index (κ1) is 11.2. The van der Waals surface area contributed by atoms with Crippen LogP contribution in [0.15, 0.2) is 12.4 Å². The number of aromatic nitrogens is 2. The standard InChI is InChI=1S/C11H21N3/c1-4-5-10(12)8-14-7-6-13-11(14)9(2)3/h6-7,9-10H,4-5,8,12H2,1-3H3. The molecule has 0 bridgehead atoms. The molecular formula is C11H21N3. The van der Waals surface area contributed by atoms with Crippen LogP contribution in [-0.4, -0.2) is 15.6 Å². The van der Waals surface area contributed by atoms with Crippen molar-refractivity contribution in [1.29, 1.82) is 0 Å². The van der Waals surface area contributed by atoms with Gasteiger partial charge in [-0.25, -0.2) is 4.98 Å². The maximum atomic E-state index is 6.00. The van der Waals surface area contributed by atoms with Gasteiger partial charge in [0.05, 0.1) is 0 Å². The summed E-state index contributed by atoms with van der Waals surface area (Å²) in [5.74, 6) is 1.61. The Labute approximate surface area is 86.3 Å². The van der Waals surface area contributed by atoms with E-state index in [-0.39, 0.29) is 6.04 Å². The maximum Gasteiger partial charge on any atom is 0.111 e. The minimum atomic E-state index is 0.256. The predicted molar refractivity (Wildman–Crippen MR) is 59.2 cm³/mol. The topological polar surface area (TPSA) is 43.8 Å². The first-order chi connectivity index (χ1) is 6.65. The molecule has 1 aromatic heterocycles. The molecule has 1 aromatic rings. The van der Waals surface area contributed by atoms with E-state index in [0.29, 0.717) is 5.92 Å². The van der Waals surface area contributed by atoms with Gasteiger partial charge in [-0.3, -0.25) is 0 Å². The SMILES string of the molecule is CCCC(N)Cn1ccnc1C(C)C. The summed E-state index contributed by atoms with van der Waals surface area (Å²) in [6, 6.07) is 0.256. The highest BCUT2D eigenvalue weighted by Crippen LogP contribution is 2.12. The van der Waals surface area contributed by atoms with Crippen molar-refractivity contribution in [1.82, 2.24) is 9.55 Å². The van der Waals surface area contributed by atoms with Crippen LogP contribution >= 0.6 is 0 Å². The van der Waals surface area contributed by atoms with Crippen LogP contribution in [0, 0.1) is 0 Å². The summed E-state index contributed by atoms with van der Waals surface area (Å²) >= 11 is 0. The summed E-state index contributed by atoms with van der Waals surface area (Å²) in [7, 11) is 0. The molecule has 1 rings (SSSR count). The smallest absolute Gasteiger partial charge is 0.111 e. The Morgan fingerprint density at radius 2 is 2.21 bits per heavy atom. The van der Waals surface area contributed by atoms with E-state index in [4.69, 9.17) is 5.73 Å². The highest BCUT2D eigenvalue weighted by Gasteiger charge is 2.09. The van der Waals surface area contributed by atoms with Crippen LogP contribution in [0.5, 0.6) is 0 Å². The van der Waals surface area contributed by atoms with Gasteiger partial charge in [-0.1, -0.05) is 27.2 Å². The predicted octanol–water partition coefficient (Wildman–Crippen LogP) is 2.13. The Morgan fingerprint density at radius 3 is 2.79 bits per heavy atom. The fourth-order valence-corrected chi connectivity index (χ4v) is 1.69. The summed E-state index contributed by atoms with van der Waals surface area (Å²) in [6.45, 7) is 7.37. The van der Waals surface area contributed by atoms with Crippen molar-refractivity contribution in [2.45, 2.75) is 52.1 Å². The quantitative estimate of drug-likeness (QED) is 0.782. The number of nitrogens with two attached hydrogens (primary N) is 1. The summed E-state index contributed by atoms with van der Waals surface area (Å²) in [4.78, 5) is 4.34. The van der Waals surface area contributed by atoms with Gasteiger partial charge in [-0.15, -0.1) is 0 Å². The van der Waals surface area contributed by atoms with E-state index in [1.807, 2.05) is 12.4 Å². The van der Waals surface area contributed by atoms with Crippen LogP contribution in [0.3, 0.4) is 0 Å². The van der Waals surface area contributed by atoms with Gasteiger partial charge in [0.2, 0.25) is 0 Å². The van der Waals surface area contributed by atoms with E-state index in [9.17, 15) is 0 Å². The van der Waals surface area contributed by atoms with Crippen molar-refractivity contribution in [2.75, 3.05) is 0 Å². The molecule has 0 aliphatic carbocycles. The van der Waals surface area contributed by atoms with Gasteiger partial charge in [-0.2, -0.15) is 0 Å². The molecule has 1 heterocycles. The zero-order valence-electron chi connectivity index (χ0n) is 9.40. The average molecular weight is 195 g/mol. The lowest BCUT2D eigenvalue weighted by atomic mass is 10.1. The second-order valence-electron chi connectivity index (χ2n) is 4.14. The van der Waals surface area contributed by atoms with Gasteiger partial charge < -0.3 is 10.3 Å². The third-order valence-electron chi connectivity index (χ3n) is 2.35. The van der Waals surface area contributed by atoms with E-state index in [1.54, 1.807) is 0 Å². The van der Waals surface area contributed by atoms with Crippen LogP contribution in [-0.2, 0) is 6.54 Å². The molecule has 3 nitrogen and oxygen atoms in total. The Kier molecular flexibility index (Phi) is 4.14. The van der Waals surface area contributed by atoms with Crippen LogP contribution in [0.25, 0.3) is 0 Å². The van der Waals surface area contributed by atoms with Crippen molar-refractivity contribution >= 4 is 0 Å². The second kappa shape index (κ2) is 5.15. The molecule has 1 unspecified atom stereocenters. The maximum absolute atomic E-state index is 6.00. The number of hydrogen-bond donors (Lipinski definition) is 1. The van der Waals surface area contributed by atoms with Crippen LogP contribution in [0.2, 0.25) is 0 Å². The number of rotatable bonds is 5. The number of imidazole rings is 1. The van der Waals surface area contributed by atoms with Crippen molar-refractivity contribution < 1.29 is 0 Å². The summed E-state index contributed by atoms with van der Waals surface area (Å²) in [5, 5.41) is 0. The molecule has 2 N–H and O–H groups in total.